The van der Waals surface area contributed by atoms with Gasteiger partial charge in [0.15, 0.2) is 0 Å². The van der Waals surface area contributed by atoms with Gasteiger partial charge in [0.05, 0.1) is 12.5 Å². The van der Waals surface area contributed by atoms with Gasteiger partial charge in [-0.25, -0.2) is 9.18 Å². The summed E-state index contributed by atoms with van der Waals surface area (Å²) >= 11 is 0. The lowest BCUT2D eigenvalue weighted by molar-refractivity contribution is 0.0636. The normalized spacial score (nSPS) is 10.6. The van der Waals surface area contributed by atoms with E-state index in [9.17, 15) is 9.18 Å². The summed E-state index contributed by atoms with van der Waals surface area (Å²) in [6.45, 7) is 5.25. The van der Waals surface area contributed by atoms with Crippen LogP contribution < -0.4 is 5.32 Å². The molecule has 18 heavy (non-hydrogen) atoms. The zero-order chi connectivity index (χ0) is 13.8. The third-order valence-corrected chi connectivity index (χ3v) is 1.96. The number of halogens is 1. The van der Waals surface area contributed by atoms with Crippen LogP contribution in [0.15, 0.2) is 18.2 Å². The fraction of sp³-hybridized carbons (Fsp3) is 0.385. The van der Waals surface area contributed by atoms with Crippen LogP contribution in [0, 0.1) is 17.1 Å². The summed E-state index contributed by atoms with van der Waals surface area (Å²) in [4.78, 5) is 11.5. The van der Waals surface area contributed by atoms with Gasteiger partial charge in [0, 0.05) is 11.3 Å². The standard InChI is InChI=1S/C13H15FN2O2/c1-13(2,3)18-12(17)16-10-4-5-11(14)9(8-10)6-7-15/h4-5,8H,6H2,1-3H3,(H,16,17). The Morgan fingerprint density at radius 1 is 1.50 bits per heavy atom. The van der Waals surface area contributed by atoms with Gasteiger partial charge in [-0.3, -0.25) is 5.32 Å². The first-order chi connectivity index (χ1) is 8.31. The van der Waals surface area contributed by atoms with Gasteiger partial charge in [0.1, 0.15) is 11.4 Å². The molecule has 0 aliphatic carbocycles. The summed E-state index contributed by atoms with van der Waals surface area (Å²) in [6, 6.07) is 5.90. The minimum Gasteiger partial charge on any atom is -0.444 e. The van der Waals surface area contributed by atoms with Crippen LogP contribution in [0.2, 0.25) is 0 Å². The summed E-state index contributed by atoms with van der Waals surface area (Å²) in [5.41, 5.74) is 0.0431. The first-order valence-electron chi connectivity index (χ1n) is 5.47. The van der Waals surface area contributed by atoms with E-state index in [-0.39, 0.29) is 12.0 Å². The lowest BCUT2D eigenvalue weighted by atomic mass is 10.1. The third-order valence-electron chi connectivity index (χ3n) is 1.96. The molecule has 0 fully saturated rings. The lowest BCUT2D eigenvalue weighted by Gasteiger charge is -2.19. The van der Waals surface area contributed by atoms with Crippen LogP contribution in [-0.4, -0.2) is 11.7 Å². The van der Waals surface area contributed by atoms with Crippen molar-refractivity contribution in [2.75, 3.05) is 5.32 Å². The number of amides is 1. The largest absolute Gasteiger partial charge is 0.444 e. The van der Waals surface area contributed by atoms with Crippen molar-refractivity contribution in [3.8, 4) is 6.07 Å². The molecule has 0 saturated carbocycles. The molecule has 1 amide bonds. The molecule has 0 radical (unpaired) electrons. The van der Waals surface area contributed by atoms with E-state index < -0.39 is 17.5 Å². The molecule has 0 heterocycles. The number of carbonyl (C=O) groups is 1. The predicted molar refractivity (Wildman–Crippen MR) is 65.6 cm³/mol. The number of hydrogen-bond donors (Lipinski definition) is 1. The molecular formula is C13H15FN2O2. The molecule has 96 valence electrons. The maximum atomic E-state index is 13.3. The Kier molecular flexibility index (Phi) is 4.27. The summed E-state index contributed by atoms with van der Waals surface area (Å²) in [5.74, 6) is -0.466. The van der Waals surface area contributed by atoms with Crippen LogP contribution in [-0.2, 0) is 11.2 Å². The van der Waals surface area contributed by atoms with Crippen LogP contribution >= 0.6 is 0 Å². The van der Waals surface area contributed by atoms with Crippen molar-refractivity contribution in [2.45, 2.75) is 32.8 Å². The van der Waals surface area contributed by atoms with Crippen molar-refractivity contribution in [3.63, 3.8) is 0 Å². The van der Waals surface area contributed by atoms with Crippen LogP contribution in [0.25, 0.3) is 0 Å². The average molecular weight is 250 g/mol. The summed E-state index contributed by atoms with van der Waals surface area (Å²) in [5, 5.41) is 11.0. The van der Waals surface area contributed by atoms with Gasteiger partial charge >= 0.3 is 6.09 Å². The highest BCUT2D eigenvalue weighted by molar-refractivity contribution is 5.84. The second-order valence-electron chi connectivity index (χ2n) is 4.77. The highest BCUT2D eigenvalue weighted by Gasteiger charge is 2.16. The molecule has 1 N–H and O–H groups in total. The predicted octanol–water partition coefficient (Wildman–Crippen LogP) is 3.24. The number of benzene rings is 1. The molecule has 0 saturated heterocycles. The number of rotatable bonds is 2. The SMILES string of the molecule is CC(C)(C)OC(=O)Nc1ccc(F)c(CC#N)c1. The average Bonchev–Trinajstić information content (AvgIpc) is 2.20. The summed E-state index contributed by atoms with van der Waals surface area (Å²) in [6.07, 6.45) is -0.660. The molecule has 0 aromatic heterocycles. The minimum absolute atomic E-state index is 0.0460. The van der Waals surface area contributed by atoms with Crippen molar-refractivity contribution >= 4 is 11.8 Å². The Morgan fingerprint density at radius 2 is 2.17 bits per heavy atom. The maximum Gasteiger partial charge on any atom is 0.412 e. The number of nitriles is 1. The molecule has 0 aliphatic heterocycles. The van der Waals surface area contributed by atoms with E-state index in [0.717, 1.165) is 0 Å². The van der Waals surface area contributed by atoms with Gasteiger partial charge < -0.3 is 4.74 Å². The van der Waals surface area contributed by atoms with Gasteiger partial charge in [0.2, 0.25) is 0 Å². The van der Waals surface area contributed by atoms with Crippen molar-refractivity contribution in [2.24, 2.45) is 0 Å². The van der Waals surface area contributed by atoms with Gasteiger partial charge in [-0.05, 0) is 39.0 Å². The molecule has 0 spiro atoms. The Morgan fingerprint density at radius 3 is 2.72 bits per heavy atom. The zero-order valence-electron chi connectivity index (χ0n) is 10.6. The van der Waals surface area contributed by atoms with E-state index in [0.29, 0.717) is 5.69 Å². The Balaban J connectivity index is 2.77. The van der Waals surface area contributed by atoms with Crippen LogP contribution in [0.3, 0.4) is 0 Å². The zero-order valence-corrected chi connectivity index (χ0v) is 10.6. The van der Waals surface area contributed by atoms with Crippen molar-refractivity contribution in [3.05, 3.63) is 29.6 Å². The van der Waals surface area contributed by atoms with Crippen LogP contribution in [0.4, 0.5) is 14.9 Å². The quantitative estimate of drug-likeness (QED) is 0.876. The number of nitrogens with zero attached hydrogens (tertiary/aromatic N) is 1. The first-order valence-corrected chi connectivity index (χ1v) is 5.47. The molecular weight excluding hydrogens is 235 g/mol. The van der Waals surface area contributed by atoms with Gasteiger partial charge in [-0.15, -0.1) is 0 Å². The van der Waals surface area contributed by atoms with Crippen molar-refractivity contribution < 1.29 is 13.9 Å². The molecule has 0 unspecified atom stereocenters. The minimum atomic E-state index is -0.614. The molecule has 5 heteroatoms. The van der Waals surface area contributed by atoms with Crippen molar-refractivity contribution in [1.29, 1.82) is 5.26 Å². The molecule has 0 atom stereocenters. The molecule has 1 rings (SSSR count). The number of ether oxygens (including phenoxy) is 1. The second-order valence-corrected chi connectivity index (χ2v) is 4.77. The number of hydrogen-bond acceptors (Lipinski definition) is 3. The lowest BCUT2D eigenvalue weighted by Crippen LogP contribution is -2.27. The number of carbonyl (C=O) groups excluding carboxylic acids is 1. The van der Waals surface area contributed by atoms with Crippen LogP contribution in [0.1, 0.15) is 26.3 Å². The Bertz CT molecular complexity index is 487. The Hall–Kier alpha value is -2.09. The third kappa shape index (κ3) is 4.42. The van der Waals surface area contributed by atoms with Crippen molar-refractivity contribution in [1.82, 2.24) is 0 Å². The monoisotopic (exact) mass is 250 g/mol. The van der Waals surface area contributed by atoms with Crippen LogP contribution in [0.5, 0.6) is 0 Å². The topological polar surface area (TPSA) is 62.1 Å². The summed E-state index contributed by atoms with van der Waals surface area (Å²) in [7, 11) is 0. The van der Waals surface area contributed by atoms with E-state index in [1.807, 2.05) is 6.07 Å². The molecule has 0 bridgehead atoms. The Labute approximate surface area is 105 Å². The van der Waals surface area contributed by atoms with E-state index in [1.54, 1.807) is 20.8 Å². The smallest absolute Gasteiger partial charge is 0.412 e. The van der Waals surface area contributed by atoms with Gasteiger partial charge in [-0.2, -0.15) is 5.26 Å². The highest BCUT2D eigenvalue weighted by Crippen LogP contribution is 2.16. The van der Waals surface area contributed by atoms with E-state index >= 15 is 0 Å². The van der Waals surface area contributed by atoms with Gasteiger partial charge in [-0.1, -0.05) is 0 Å². The molecule has 1 aromatic carbocycles. The van der Waals surface area contributed by atoms with E-state index in [4.69, 9.17) is 10.00 Å². The molecule has 1 aromatic rings. The fourth-order valence-electron chi connectivity index (χ4n) is 1.29. The fourth-order valence-corrected chi connectivity index (χ4v) is 1.29. The first kappa shape index (κ1) is 14.0. The van der Waals surface area contributed by atoms with E-state index in [1.165, 1.54) is 18.2 Å². The van der Waals surface area contributed by atoms with Gasteiger partial charge in [0.25, 0.3) is 0 Å². The number of anilines is 1. The highest BCUT2D eigenvalue weighted by atomic mass is 19.1. The maximum absolute atomic E-state index is 13.3. The molecule has 4 nitrogen and oxygen atoms in total. The number of nitrogens with one attached hydrogen (secondary N) is 1. The molecule has 0 aliphatic rings. The summed E-state index contributed by atoms with van der Waals surface area (Å²) < 4.78 is 18.3. The van der Waals surface area contributed by atoms with E-state index in [2.05, 4.69) is 5.32 Å². The second kappa shape index (κ2) is 5.50.